The Morgan fingerprint density at radius 1 is 1.29 bits per heavy atom. The van der Waals surface area contributed by atoms with Gasteiger partial charge in [-0.3, -0.25) is 10.00 Å². The monoisotopic (exact) mass is 334 g/mol. The first-order valence-electron chi connectivity index (χ1n) is 7.82. The van der Waals surface area contributed by atoms with Crippen LogP contribution in [-0.2, 0) is 17.8 Å². The normalized spacial score (nSPS) is 11.2. The van der Waals surface area contributed by atoms with Crippen LogP contribution >= 0.6 is 0 Å². The summed E-state index contributed by atoms with van der Waals surface area (Å²) in [5.74, 6) is -0.392. The zero-order chi connectivity index (χ0) is 17.7. The average Bonchev–Trinajstić information content (AvgIpc) is 2.93. The van der Waals surface area contributed by atoms with Crippen molar-refractivity contribution in [2.24, 2.45) is 0 Å². The van der Waals surface area contributed by atoms with Crippen LogP contribution in [0.25, 0.3) is 0 Å². The number of rotatable bonds is 5. The summed E-state index contributed by atoms with van der Waals surface area (Å²) in [6.07, 6.45) is 1.13. The molecule has 0 aliphatic rings. The van der Waals surface area contributed by atoms with Gasteiger partial charge in [-0.1, -0.05) is 0 Å². The van der Waals surface area contributed by atoms with E-state index in [1.54, 1.807) is 27.0 Å². The number of anilines is 2. The summed E-state index contributed by atoms with van der Waals surface area (Å²) in [4.78, 5) is 11.9. The second-order valence-electron chi connectivity index (χ2n) is 6.31. The third-order valence-electron chi connectivity index (χ3n) is 3.18. The summed E-state index contributed by atoms with van der Waals surface area (Å²) in [6.45, 7) is 8.54. The van der Waals surface area contributed by atoms with Crippen LogP contribution in [0, 0.1) is 5.82 Å². The number of aromatic nitrogens is 2. The molecule has 0 aliphatic carbocycles. The van der Waals surface area contributed by atoms with E-state index in [9.17, 15) is 9.18 Å². The summed E-state index contributed by atoms with van der Waals surface area (Å²) in [5, 5.41) is 9.96. The molecule has 7 heteroatoms. The maximum Gasteiger partial charge on any atom is 0.412 e. The highest BCUT2D eigenvalue weighted by molar-refractivity contribution is 5.89. The molecule has 0 saturated carbocycles. The summed E-state index contributed by atoms with van der Waals surface area (Å²) in [6, 6.07) is 6.00. The molecule has 6 nitrogen and oxygen atoms in total. The molecule has 0 aliphatic heterocycles. The number of nitrogens with zero attached hydrogens (tertiary/aromatic N) is 2. The van der Waals surface area contributed by atoms with E-state index in [-0.39, 0.29) is 0 Å². The average molecular weight is 334 g/mol. The van der Waals surface area contributed by atoms with Crippen molar-refractivity contribution in [1.82, 2.24) is 9.78 Å². The molecular weight excluding hydrogens is 311 g/mol. The van der Waals surface area contributed by atoms with Crippen molar-refractivity contribution in [3.63, 3.8) is 0 Å². The summed E-state index contributed by atoms with van der Waals surface area (Å²) in [7, 11) is 0. The van der Waals surface area contributed by atoms with E-state index in [2.05, 4.69) is 15.7 Å². The van der Waals surface area contributed by atoms with Gasteiger partial charge in [-0.2, -0.15) is 5.10 Å². The van der Waals surface area contributed by atoms with E-state index in [0.717, 1.165) is 12.2 Å². The van der Waals surface area contributed by atoms with E-state index in [4.69, 9.17) is 4.74 Å². The van der Waals surface area contributed by atoms with Crippen molar-refractivity contribution in [2.45, 2.75) is 46.4 Å². The summed E-state index contributed by atoms with van der Waals surface area (Å²) in [5.41, 5.74) is 1.29. The molecule has 1 aromatic carbocycles. The number of nitrogens with one attached hydrogen (secondary N) is 2. The Labute approximate surface area is 141 Å². The summed E-state index contributed by atoms with van der Waals surface area (Å²) < 4.78 is 20.6. The van der Waals surface area contributed by atoms with E-state index < -0.39 is 17.5 Å². The predicted octanol–water partition coefficient (Wildman–Crippen LogP) is 4.00. The topological polar surface area (TPSA) is 68.2 Å². The molecule has 2 N–H and O–H groups in total. The van der Waals surface area contributed by atoms with Gasteiger partial charge < -0.3 is 10.1 Å². The number of ether oxygens (including phenoxy) is 1. The van der Waals surface area contributed by atoms with Crippen LogP contribution in [0.1, 0.15) is 33.4 Å². The number of benzene rings is 1. The molecular formula is C17H23FN4O2. The molecule has 0 saturated heterocycles. The quantitative estimate of drug-likeness (QED) is 0.867. The van der Waals surface area contributed by atoms with Gasteiger partial charge in [0.1, 0.15) is 11.4 Å². The number of aryl methyl sites for hydroxylation is 1. The fraction of sp³-hybridized carbons (Fsp3) is 0.412. The minimum absolute atomic E-state index is 0.392. The Kier molecular flexibility index (Phi) is 5.43. The van der Waals surface area contributed by atoms with Gasteiger partial charge in [0.2, 0.25) is 0 Å². The third-order valence-corrected chi connectivity index (χ3v) is 3.18. The van der Waals surface area contributed by atoms with Crippen LogP contribution in [0.4, 0.5) is 20.6 Å². The standard InChI is InChI=1S/C17H23FN4O2/c1-5-22-13(8-9-20-22)11-19-15-10-12(18)6-7-14(15)21-16(23)24-17(2,3)4/h6-10,19H,5,11H2,1-4H3,(H,21,23). The fourth-order valence-corrected chi connectivity index (χ4v) is 2.17. The van der Waals surface area contributed by atoms with Gasteiger partial charge in [0, 0.05) is 12.7 Å². The summed E-state index contributed by atoms with van der Waals surface area (Å²) >= 11 is 0. The SMILES string of the molecule is CCn1nccc1CNc1cc(F)ccc1NC(=O)OC(C)(C)C. The zero-order valence-corrected chi connectivity index (χ0v) is 14.4. The molecule has 0 fully saturated rings. The van der Waals surface area contributed by atoms with Crippen molar-refractivity contribution in [2.75, 3.05) is 10.6 Å². The predicted molar refractivity (Wildman–Crippen MR) is 91.5 cm³/mol. The maximum atomic E-state index is 13.6. The van der Waals surface area contributed by atoms with Gasteiger partial charge in [0.15, 0.2) is 0 Å². The molecule has 0 unspecified atom stereocenters. The highest BCUT2D eigenvalue weighted by Gasteiger charge is 2.17. The van der Waals surface area contributed by atoms with E-state index in [1.807, 2.05) is 17.7 Å². The lowest BCUT2D eigenvalue weighted by molar-refractivity contribution is 0.0636. The Morgan fingerprint density at radius 2 is 2.04 bits per heavy atom. The molecule has 2 rings (SSSR count). The molecule has 1 heterocycles. The van der Waals surface area contributed by atoms with E-state index in [1.165, 1.54) is 18.2 Å². The van der Waals surface area contributed by atoms with Crippen molar-refractivity contribution >= 4 is 17.5 Å². The van der Waals surface area contributed by atoms with Gasteiger partial charge in [-0.05, 0) is 52.0 Å². The number of halogens is 1. The van der Waals surface area contributed by atoms with Gasteiger partial charge in [0.25, 0.3) is 0 Å². The Hall–Kier alpha value is -2.57. The highest BCUT2D eigenvalue weighted by Crippen LogP contribution is 2.24. The van der Waals surface area contributed by atoms with Gasteiger partial charge in [0.05, 0.1) is 23.6 Å². The molecule has 1 aromatic heterocycles. The van der Waals surface area contributed by atoms with Crippen molar-refractivity contribution in [3.05, 3.63) is 42.0 Å². The van der Waals surface area contributed by atoms with Crippen molar-refractivity contribution < 1.29 is 13.9 Å². The molecule has 0 radical (unpaired) electrons. The number of hydrogen-bond acceptors (Lipinski definition) is 4. The lowest BCUT2D eigenvalue weighted by Gasteiger charge is -2.20. The zero-order valence-electron chi connectivity index (χ0n) is 14.4. The Bertz CT molecular complexity index is 707. The minimum Gasteiger partial charge on any atom is -0.444 e. The van der Waals surface area contributed by atoms with Crippen LogP contribution in [0.2, 0.25) is 0 Å². The molecule has 24 heavy (non-hydrogen) atoms. The van der Waals surface area contributed by atoms with Crippen molar-refractivity contribution in [1.29, 1.82) is 0 Å². The fourth-order valence-electron chi connectivity index (χ4n) is 2.17. The lowest BCUT2D eigenvalue weighted by Crippen LogP contribution is -2.27. The van der Waals surface area contributed by atoms with E-state index >= 15 is 0 Å². The molecule has 0 atom stereocenters. The molecule has 2 aromatic rings. The molecule has 0 spiro atoms. The van der Waals surface area contributed by atoms with Crippen LogP contribution < -0.4 is 10.6 Å². The third kappa shape index (κ3) is 4.97. The van der Waals surface area contributed by atoms with Gasteiger partial charge >= 0.3 is 6.09 Å². The van der Waals surface area contributed by atoms with Gasteiger partial charge in [-0.25, -0.2) is 9.18 Å². The largest absolute Gasteiger partial charge is 0.444 e. The van der Waals surface area contributed by atoms with Crippen LogP contribution in [0.5, 0.6) is 0 Å². The molecule has 130 valence electrons. The van der Waals surface area contributed by atoms with Crippen molar-refractivity contribution in [3.8, 4) is 0 Å². The first-order valence-corrected chi connectivity index (χ1v) is 7.82. The maximum absolute atomic E-state index is 13.6. The van der Waals surface area contributed by atoms with Gasteiger partial charge in [-0.15, -0.1) is 0 Å². The highest BCUT2D eigenvalue weighted by atomic mass is 19.1. The van der Waals surface area contributed by atoms with Crippen LogP contribution in [-0.4, -0.2) is 21.5 Å². The number of carbonyl (C=O) groups excluding carboxylic acids is 1. The minimum atomic E-state index is -0.606. The number of amides is 1. The second kappa shape index (κ2) is 7.33. The smallest absolute Gasteiger partial charge is 0.412 e. The molecule has 1 amide bonds. The number of carbonyl (C=O) groups is 1. The van der Waals surface area contributed by atoms with Crippen LogP contribution in [0.15, 0.2) is 30.5 Å². The Balaban J connectivity index is 2.11. The first kappa shape index (κ1) is 17.8. The lowest BCUT2D eigenvalue weighted by atomic mass is 10.2. The second-order valence-corrected chi connectivity index (χ2v) is 6.31. The Morgan fingerprint density at radius 3 is 2.71 bits per heavy atom. The number of hydrogen-bond donors (Lipinski definition) is 2. The molecule has 0 bridgehead atoms. The van der Waals surface area contributed by atoms with Crippen LogP contribution in [0.3, 0.4) is 0 Å². The van der Waals surface area contributed by atoms with E-state index in [0.29, 0.717) is 17.9 Å². The first-order chi connectivity index (χ1) is 11.3.